The van der Waals surface area contributed by atoms with E-state index in [1.807, 2.05) is 75.1 Å². The van der Waals surface area contributed by atoms with Crippen molar-refractivity contribution in [3.63, 3.8) is 0 Å². The van der Waals surface area contributed by atoms with Gasteiger partial charge in [-0.15, -0.1) is 0 Å². The van der Waals surface area contributed by atoms with Crippen LogP contribution in [0.2, 0.25) is 0 Å². The summed E-state index contributed by atoms with van der Waals surface area (Å²) in [5, 5.41) is 0. The molecule has 1 aromatic heterocycles. The third-order valence-corrected chi connectivity index (χ3v) is 8.36. The number of cyclic esters (lactones) is 1. The average Bonchev–Trinajstić information content (AvgIpc) is 3.38. The number of piperidine rings is 1. The van der Waals surface area contributed by atoms with Crippen molar-refractivity contribution in [3.8, 4) is 17.4 Å². The van der Waals surface area contributed by atoms with Crippen molar-refractivity contribution in [1.29, 1.82) is 0 Å². The summed E-state index contributed by atoms with van der Waals surface area (Å²) in [5.74, 6) is 1.36. The van der Waals surface area contributed by atoms with Crippen molar-refractivity contribution in [2.24, 2.45) is 0 Å². The predicted molar refractivity (Wildman–Crippen MR) is 176 cm³/mol. The smallest absolute Gasteiger partial charge is 0.410 e. The van der Waals surface area contributed by atoms with Crippen molar-refractivity contribution < 1.29 is 28.5 Å². The molecule has 1 unspecified atom stereocenters. The normalized spacial score (nSPS) is 17.9. The first-order valence-electron chi connectivity index (χ1n) is 16.1. The quantitative estimate of drug-likeness (QED) is 0.227. The lowest BCUT2D eigenvalue weighted by Crippen LogP contribution is -2.46. The molecular weight excluding hydrogens is 582 g/mol. The van der Waals surface area contributed by atoms with Crippen LogP contribution in [0, 0.1) is 6.92 Å². The number of carbonyl (C=O) groups excluding carboxylic acids is 2. The highest BCUT2D eigenvalue weighted by molar-refractivity contribution is 5.72. The zero-order chi connectivity index (χ0) is 33.1. The minimum atomic E-state index is -0.569. The topological polar surface area (TPSA) is 90.4 Å². The molecule has 2 fully saturated rings. The number of esters is 1. The number of amides is 1. The van der Waals surface area contributed by atoms with Gasteiger partial charge in [-0.1, -0.05) is 57.2 Å². The van der Waals surface area contributed by atoms with Crippen LogP contribution in [0.15, 0.2) is 60.7 Å². The van der Waals surface area contributed by atoms with E-state index in [0.29, 0.717) is 24.0 Å². The molecule has 1 atom stereocenters. The van der Waals surface area contributed by atoms with Crippen LogP contribution in [0.5, 0.6) is 17.4 Å². The monoisotopic (exact) mass is 629 g/mol. The van der Waals surface area contributed by atoms with Crippen LogP contribution in [0.3, 0.4) is 0 Å². The summed E-state index contributed by atoms with van der Waals surface area (Å²) in [6, 6.07) is 19.9. The van der Waals surface area contributed by atoms with E-state index in [9.17, 15) is 9.59 Å². The Hall–Kier alpha value is -4.11. The summed E-state index contributed by atoms with van der Waals surface area (Å²) in [6.45, 7) is 16.6. The lowest BCUT2D eigenvalue weighted by Gasteiger charge is -2.38. The summed E-state index contributed by atoms with van der Waals surface area (Å²) in [7, 11) is 0. The molecule has 5 rings (SSSR count). The third kappa shape index (κ3) is 8.37. The first-order valence-corrected chi connectivity index (χ1v) is 16.1. The largest absolute Gasteiger partial charge is 0.482 e. The van der Waals surface area contributed by atoms with Gasteiger partial charge in [0.1, 0.15) is 23.7 Å². The second kappa shape index (κ2) is 13.7. The number of ether oxygens (including phenoxy) is 4. The number of benzene rings is 2. The molecule has 46 heavy (non-hydrogen) atoms. The van der Waals surface area contributed by atoms with E-state index in [4.69, 9.17) is 23.9 Å². The van der Waals surface area contributed by atoms with Crippen LogP contribution in [0.25, 0.3) is 0 Å². The molecule has 3 heterocycles. The molecule has 9 heteroatoms. The SMILES string of the molecule is Cc1nc(Oc2ccc(OCC(=O)OC(C)(C)C)c(C(C)(C)C)c2)ccc1CN1CCC(N2C(=O)OCC2c2ccccc2)CC1. The molecule has 0 radical (unpaired) electrons. The summed E-state index contributed by atoms with van der Waals surface area (Å²) in [6.07, 6.45) is 1.60. The van der Waals surface area contributed by atoms with E-state index in [1.54, 1.807) is 0 Å². The van der Waals surface area contributed by atoms with Gasteiger partial charge in [-0.2, -0.15) is 0 Å². The Labute approximate surface area is 272 Å². The zero-order valence-corrected chi connectivity index (χ0v) is 28.2. The summed E-state index contributed by atoms with van der Waals surface area (Å²) in [4.78, 5) is 34.0. The molecule has 0 aliphatic carbocycles. The summed E-state index contributed by atoms with van der Waals surface area (Å²) >= 11 is 0. The van der Waals surface area contributed by atoms with Crippen molar-refractivity contribution in [1.82, 2.24) is 14.8 Å². The number of aryl methyl sites for hydroxylation is 1. The van der Waals surface area contributed by atoms with Gasteiger partial charge in [0.15, 0.2) is 6.61 Å². The van der Waals surface area contributed by atoms with Gasteiger partial charge in [-0.25, -0.2) is 14.6 Å². The Balaban J connectivity index is 1.18. The zero-order valence-electron chi connectivity index (χ0n) is 28.2. The van der Waals surface area contributed by atoms with Gasteiger partial charge in [-0.05, 0) is 75.3 Å². The van der Waals surface area contributed by atoms with E-state index in [1.165, 1.54) is 0 Å². The van der Waals surface area contributed by atoms with Crippen LogP contribution in [-0.2, 0) is 26.2 Å². The lowest BCUT2D eigenvalue weighted by atomic mass is 9.86. The molecule has 1 amide bonds. The fourth-order valence-corrected chi connectivity index (χ4v) is 6.07. The number of likely N-dealkylation sites (tertiary alicyclic amines) is 1. The van der Waals surface area contributed by atoms with Crippen molar-refractivity contribution in [2.75, 3.05) is 26.3 Å². The molecule has 0 spiro atoms. The van der Waals surface area contributed by atoms with E-state index in [2.05, 4.69) is 43.9 Å². The van der Waals surface area contributed by atoms with E-state index in [0.717, 1.165) is 54.9 Å². The number of pyridine rings is 1. The highest BCUT2D eigenvalue weighted by atomic mass is 16.6. The standard InChI is InChI=1S/C37H47N3O6/c1-25-27(22-39-19-17-28(18-20-39)40-31(23-44-35(40)42)26-11-9-8-10-12-26)13-16-33(38-25)45-29-14-15-32(30(21-29)36(2,3)4)43-24-34(41)46-37(5,6)7/h8-16,21,28,31H,17-20,22-24H2,1-7H3. The molecule has 3 aromatic rings. The van der Waals surface area contributed by atoms with Gasteiger partial charge >= 0.3 is 12.1 Å². The van der Waals surface area contributed by atoms with Gasteiger partial charge in [0, 0.05) is 43.0 Å². The first-order chi connectivity index (χ1) is 21.8. The van der Waals surface area contributed by atoms with Crippen LogP contribution in [0.4, 0.5) is 4.79 Å². The number of rotatable bonds is 9. The second-order valence-corrected chi connectivity index (χ2v) is 14.2. The number of hydrogen-bond donors (Lipinski definition) is 0. The van der Waals surface area contributed by atoms with Gasteiger partial charge in [0.25, 0.3) is 0 Å². The predicted octanol–water partition coefficient (Wildman–Crippen LogP) is 7.36. The Kier molecular flexibility index (Phi) is 9.91. The molecule has 2 saturated heterocycles. The maximum atomic E-state index is 12.7. The fraction of sp³-hybridized carbons (Fsp3) is 0.486. The minimum Gasteiger partial charge on any atom is -0.482 e. The second-order valence-electron chi connectivity index (χ2n) is 14.2. The highest BCUT2D eigenvalue weighted by Gasteiger charge is 2.40. The average molecular weight is 630 g/mol. The molecular formula is C37H47N3O6. The van der Waals surface area contributed by atoms with E-state index < -0.39 is 11.6 Å². The third-order valence-electron chi connectivity index (χ3n) is 8.36. The van der Waals surface area contributed by atoms with E-state index in [-0.39, 0.29) is 30.2 Å². The Morgan fingerprint density at radius 3 is 2.35 bits per heavy atom. The molecule has 0 N–H and O–H groups in total. The molecule has 0 saturated carbocycles. The van der Waals surface area contributed by atoms with Crippen LogP contribution in [0.1, 0.15) is 82.8 Å². The maximum absolute atomic E-state index is 12.7. The number of nitrogens with zero attached hydrogens (tertiary/aromatic N) is 3. The lowest BCUT2D eigenvalue weighted by molar-refractivity contribution is -0.157. The fourth-order valence-electron chi connectivity index (χ4n) is 6.07. The van der Waals surface area contributed by atoms with Gasteiger partial charge in [-0.3, -0.25) is 9.80 Å². The van der Waals surface area contributed by atoms with Gasteiger partial charge in [0.2, 0.25) is 5.88 Å². The van der Waals surface area contributed by atoms with Gasteiger partial charge < -0.3 is 18.9 Å². The van der Waals surface area contributed by atoms with Crippen LogP contribution in [-0.4, -0.2) is 64.8 Å². The van der Waals surface area contributed by atoms with Crippen LogP contribution >= 0.6 is 0 Å². The van der Waals surface area contributed by atoms with Crippen molar-refractivity contribution >= 4 is 12.1 Å². The molecule has 2 aromatic carbocycles. The first kappa shape index (κ1) is 33.3. The molecule has 246 valence electrons. The Morgan fingerprint density at radius 1 is 0.978 bits per heavy atom. The van der Waals surface area contributed by atoms with Crippen LogP contribution < -0.4 is 9.47 Å². The molecule has 2 aliphatic heterocycles. The molecule has 2 aliphatic rings. The number of aromatic nitrogens is 1. The van der Waals surface area contributed by atoms with E-state index >= 15 is 0 Å². The Morgan fingerprint density at radius 2 is 1.70 bits per heavy atom. The maximum Gasteiger partial charge on any atom is 0.410 e. The minimum absolute atomic E-state index is 0.0234. The Bertz CT molecular complexity index is 1520. The summed E-state index contributed by atoms with van der Waals surface area (Å²) < 4.78 is 22.9. The highest BCUT2D eigenvalue weighted by Crippen LogP contribution is 2.36. The van der Waals surface area contributed by atoms with Gasteiger partial charge in [0.05, 0.1) is 6.04 Å². The molecule has 9 nitrogen and oxygen atoms in total. The number of hydrogen-bond acceptors (Lipinski definition) is 8. The summed E-state index contributed by atoms with van der Waals surface area (Å²) in [5.41, 5.74) is 3.29. The van der Waals surface area contributed by atoms with Crippen molar-refractivity contribution in [2.45, 2.75) is 91.0 Å². The molecule has 0 bridgehead atoms. The number of carbonyl (C=O) groups is 2. The van der Waals surface area contributed by atoms with Crippen molar-refractivity contribution in [3.05, 3.63) is 83.0 Å².